The molecule has 1 N–H and O–H groups in total. The second-order valence-corrected chi connectivity index (χ2v) is 7.53. The first-order valence-electron chi connectivity index (χ1n) is 9.37. The first-order chi connectivity index (χ1) is 12.6. The van der Waals surface area contributed by atoms with E-state index in [0.717, 1.165) is 19.4 Å². The lowest BCUT2D eigenvalue weighted by Crippen LogP contribution is -2.50. The SMILES string of the molecule is CN(C(=O)c1cc[nH]c(=O)c1)C1C[C@H]2CC[C@@H](C1)N2Cc1ccccc1. The van der Waals surface area contributed by atoms with Crippen LogP contribution in [0.5, 0.6) is 0 Å². The summed E-state index contributed by atoms with van der Waals surface area (Å²) < 4.78 is 0. The number of nitrogens with one attached hydrogen (secondary N) is 1. The van der Waals surface area contributed by atoms with E-state index in [4.69, 9.17) is 0 Å². The van der Waals surface area contributed by atoms with E-state index < -0.39 is 0 Å². The molecule has 0 spiro atoms. The molecule has 0 aliphatic carbocycles. The zero-order valence-electron chi connectivity index (χ0n) is 15.1. The van der Waals surface area contributed by atoms with Crippen molar-refractivity contribution in [1.82, 2.24) is 14.8 Å². The Morgan fingerprint density at radius 1 is 1.15 bits per heavy atom. The van der Waals surface area contributed by atoms with Gasteiger partial charge in [0.25, 0.3) is 5.91 Å². The summed E-state index contributed by atoms with van der Waals surface area (Å²) in [6.07, 6.45) is 5.97. The summed E-state index contributed by atoms with van der Waals surface area (Å²) in [7, 11) is 1.88. The van der Waals surface area contributed by atoms with Crippen molar-refractivity contribution in [2.45, 2.75) is 50.4 Å². The second-order valence-electron chi connectivity index (χ2n) is 7.53. The molecule has 2 aromatic rings. The van der Waals surface area contributed by atoms with E-state index in [1.54, 1.807) is 6.07 Å². The number of H-pyrrole nitrogens is 1. The maximum atomic E-state index is 12.8. The summed E-state index contributed by atoms with van der Waals surface area (Å²) in [5.74, 6) is -0.0583. The molecule has 3 heterocycles. The van der Waals surface area contributed by atoms with Crippen LogP contribution in [0.25, 0.3) is 0 Å². The van der Waals surface area contributed by atoms with Gasteiger partial charge in [0, 0.05) is 49.5 Å². The number of pyridine rings is 1. The van der Waals surface area contributed by atoms with Gasteiger partial charge in [-0.05, 0) is 37.3 Å². The number of fused-ring (bicyclic) bond motifs is 2. The molecule has 1 amide bonds. The molecular formula is C21H25N3O2. The van der Waals surface area contributed by atoms with Gasteiger partial charge in [-0.1, -0.05) is 30.3 Å². The van der Waals surface area contributed by atoms with Crippen molar-refractivity contribution in [3.8, 4) is 0 Å². The number of hydrogen-bond acceptors (Lipinski definition) is 3. The van der Waals surface area contributed by atoms with Crippen molar-refractivity contribution < 1.29 is 4.79 Å². The third-order valence-electron chi connectivity index (χ3n) is 5.96. The zero-order valence-corrected chi connectivity index (χ0v) is 15.1. The average molecular weight is 351 g/mol. The van der Waals surface area contributed by atoms with Gasteiger partial charge in [-0.2, -0.15) is 0 Å². The fraction of sp³-hybridized carbons (Fsp3) is 0.429. The van der Waals surface area contributed by atoms with Gasteiger partial charge in [0.1, 0.15) is 0 Å². The Morgan fingerprint density at radius 3 is 2.50 bits per heavy atom. The Hall–Kier alpha value is -2.40. The Balaban J connectivity index is 1.45. The molecule has 2 saturated heterocycles. The van der Waals surface area contributed by atoms with E-state index in [-0.39, 0.29) is 17.5 Å². The molecule has 1 aromatic carbocycles. The van der Waals surface area contributed by atoms with Crippen molar-refractivity contribution in [2.75, 3.05) is 7.05 Å². The molecule has 5 nitrogen and oxygen atoms in total. The molecule has 0 saturated carbocycles. The molecule has 3 atom stereocenters. The maximum absolute atomic E-state index is 12.8. The van der Waals surface area contributed by atoms with Crippen LogP contribution in [0.4, 0.5) is 0 Å². The first-order valence-corrected chi connectivity index (χ1v) is 9.37. The number of piperidine rings is 1. The molecule has 2 aliphatic rings. The van der Waals surface area contributed by atoms with Gasteiger partial charge in [0.15, 0.2) is 0 Å². The minimum atomic E-state index is -0.234. The van der Waals surface area contributed by atoms with E-state index >= 15 is 0 Å². The highest BCUT2D eigenvalue weighted by atomic mass is 16.2. The number of carbonyl (C=O) groups excluding carboxylic acids is 1. The van der Waals surface area contributed by atoms with Gasteiger partial charge in [-0.3, -0.25) is 14.5 Å². The summed E-state index contributed by atoms with van der Waals surface area (Å²) >= 11 is 0. The minimum absolute atomic E-state index is 0.0583. The highest BCUT2D eigenvalue weighted by molar-refractivity contribution is 5.94. The molecule has 136 valence electrons. The summed E-state index contributed by atoms with van der Waals surface area (Å²) in [4.78, 5) is 31.3. The molecule has 2 bridgehead atoms. The number of carbonyl (C=O) groups is 1. The third-order valence-corrected chi connectivity index (χ3v) is 5.96. The first kappa shape index (κ1) is 17.0. The predicted octanol–water partition coefficient (Wildman–Crippen LogP) is 2.64. The van der Waals surface area contributed by atoms with Crippen molar-refractivity contribution in [1.29, 1.82) is 0 Å². The lowest BCUT2D eigenvalue weighted by atomic mass is 9.95. The van der Waals surface area contributed by atoms with Gasteiger partial charge in [-0.15, -0.1) is 0 Å². The van der Waals surface area contributed by atoms with E-state index in [1.807, 2.05) is 11.9 Å². The van der Waals surface area contributed by atoms with Gasteiger partial charge in [0.2, 0.25) is 5.56 Å². The number of amides is 1. The van der Waals surface area contributed by atoms with Crippen LogP contribution >= 0.6 is 0 Å². The van der Waals surface area contributed by atoms with Gasteiger partial charge in [0.05, 0.1) is 0 Å². The van der Waals surface area contributed by atoms with Crippen LogP contribution < -0.4 is 5.56 Å². The normalized spacial score (nSPS) is 25.2. The van der Waals surface area contributed by atoms with Crippen LogP contribution in [-0.2, 0) is 6.54 Å². The van der Waals surface area contributed by atoms with E-state index in [1.165, 1.54) is 30.7 Å². The smallest absolute Gasteiger partial charge is 0.254 e. The lowest BCUT2D eigenvalue weighted by molar-refractivity contribution is 0.0477. The van der Waals surface area contributed by atoms with Crippen LogP contribution in [0.2, 0.25) is 0 Å². The van der Waals surface area contributed by atoms with E-state index in [0.29, 0.717) is 17.6 Å². The number of rotatable bonds is 4. The van der Waals surface area contributed by atoms with Crippen LogP contribution in [0.3, 0.4) is 0 Å². The lowest BCUT2D eigenvalue weighted by Gasteiger charge is -2.42. The molecule has 5 heteroatoms. The van der Waals surface area contributed by atoms with Crippen molar-refractivity contribution in [3.63, 3.8) is 0 Å². The summed E-state index contributed by atoms with van der Waals surface area (Å²) in [5.41, 5.74) is 1.59. The average Bonchev–Trinajstić information content (AvgIpc) is 2.89. The number of benzene rings is 1. The fourth-order valence-corrected chi connectivity index (χ4v) is 4.56. The monoisotopic (exact) mass is 351 g/mol. The molecule has 4 rings (SSSR count). The summed E-state index contributed by atoms with van der Waals surface area (Å²) in [5, 5.41) is 0. The second kappa shape index (κ2) is 7.08. The predicted molar refractivity (Wildman–Crippen MR) is 101 cm³/mol. The van der Waals surface area contributed by atoms with Crippen molar-refractivity contribution in [3.05, 3.63) is 70.1 Å². The third kappa shape index (κ3) is 3.31. The molecule has 1 aromatic heterocycles. The van der Waals surface area contributed by atoms with E-state index in [2.05, 4.69) is 40.2 Å². The highest BCUT2D eigenvalue weighted by Gasteiger charge is 2.42. The van der Waals surface area contributed by atoms with E-state index in [9.17, 15) is 9.59 Å². The Morgan fingerprint density at radius 2 is 1.85 bits per heavy atom. The number of hydrogen-bond donors (Lipinski definition) is 1. The van der Waals surface area contributed by atoms with Crippen molar-refractivity contribution >= 4 is 5.91 Å². The number of aromatic amines is 1. The zero-order chi connectivity index (χ0) is 18.1. The largest absolute Gasteiger partial charge is 0.339 e. The summed E-state index contributed by atoms with van der Waals surface area (Å²) in [6, 6.07) is 15.0. The van der Waals surface area contributed by atoms with Crippen LogP contribution in [0.15, 0.2) is 53.5 Å². The van der Waals surface area contributed by atoms with Gasteiger partial charge >= 0.3 is 0 Å². The molecular weight excluding hydrogens is 326 g/mol. The molecule has 26 heavy (non-hydrogen) atoms. The quantitative estimate of drug-likeness (QED) is 0.921. The van der Waals surface area contributed by atoms with Gasteiger partial charge < -0.3 is 9.88 Å². The molecule has 0 radical (unpaired) electrons. The molecule has 1 unspecified atom stereocenters. The summed E-state index contributed by atoms with van der Waals surface area (Å²) in [6.45, 7) is 0.995. The number of nitrogens with zero attached hydrogens (tertiary/aromatic N) is 2. The van der Waals surface area contributed by atoms with Crippen LogP contribution in [0.1, 0.15) is 41.6 Å². The molecule has 2 aliphatic heterocycles. The Labute approximate surface area is 153 Å². The Kier molecular flexibility index (Phi) is 4.64. The van der Waals surface area contributed by atoms with Crippen molar-refractivity contribution in [2.24, 2.45) is 0 Å². The van der Waals surface area contributed by atoms with Gasteiger partial charge in [-0.25, -0.2) is 0 Å². The number of aromatic nitrogens is 1. The fourth-order valence-electron chi connectivity index (χ4n) is 4.56. The maximum Gasteiger partial charge on any atom is 0.254 e. The highest BCUT2D eigenvalue weighted by Crippen LogP contribution is 2.38. The standard InChI is InChI=1S/C21H25N3O2/c1-23(21(26)16-9-10-22-20(25)11-16)19-12-17-7-8-18(13-19)24(17)14-15-5-3-2-4-6-15/h2-6,9-11,17-19H,7-8,12-14H2,1H3,(H,22,25)/t17-,18+,19?. The minimum Gasteiger partial charge on any atom is -0.339 e. The van der Waals surface area contributed by atoms with Crippen LogP contribution in [0, 0.1) is 0 Å². The topological polar surface area (TPSA) is 56.4 Å². The Bertz CT molecular complexity index is 818. The molecule has 2 fully saturated rings. The van der Waals surface area contributed by atoms with Crippen LogP contribution in [-0.4, -0.2) is 45.9 Å².